The summed E-state index contributed by atoms with van der Waals surface area (Å²) in [7, 11) is 0. The van der Waals surface area contributed by atoms with Gasteiger partial charge in [-0.1, -0.05) is 40.2 Å². The van der Waals surface area contributed by atoms with Crippen molar-refractivity contribution >= 4 is 60.0 Å². The van der Waals surface area contributed by atoms with Crippen LogP contribution in [0.15, 0.2) is 40.9 Å². The van der Waals surface area contributed by atoms with Crippen LogP contribution in [0.3, 0.4) is 0 Å². The van der Waals surface area contributed by atoms with Crippen molar-refractivity contribution in [3.05, 3.63) is 46.4 Å². The van der Waals surface area contributed by atoms with Crippen LogP contribution >= 0.6 is 15.9 Å². The Morgan fingerprint density at radius 3 is 2.27 bits per heavy atom. The second-order valence-corrected chi connectivity index (χ2v) is 3.80. The quantitative estimate of drug-likeness (QED) is 0.672. The van der Waals surface area contributed by atoms with E-state index in [1.807, 2.05) is 24.3 Å². The maximum absolute atomic E-state index is 10.9. The predicted octanol–water partition coefficient (Wildman–Crippen LogP) is 2.92. The second-order valence-electron chi connectivity index (χ2n) is 2.95. The molecule has 1 radical (unpaired) electrons. The van der Waals surface area contributed by atoms with Gasteiger partial charge in [-0.25, -0.2) is 4.79 Å². The van der Waals surface area contributed by atoms with E-state index in [1.165, 1.54) is 0 Å². The topological polar surface area (TPSA) is 37.3 Å². The van der Waals surface area contributed by atoms with Crippen molar-refractivity contribution in [1.82, 2.24) is 0 Å². The van der Waals surface area contributed by atoms with E-state index in [1.54, 1.807) is 12.1 Å². The minimum Gasteiger partial charge on any atom is -0.478 e. The molecule has 0 saturated heterocycles. The number of halogens is 1. The number of carbonyl (C=O) groups is 1. The molecule has 0 unspecified atom stereocenters. The zero-order chi connectivity index (χ0) is 10.1. The smallest absolute Gasteiger partial charge is 0.336 e. The summed E-state index contributed by atoms with van der Waals surface area (Å²) >= 11 is 3.39. The zero-order valence-electron chi connectivity index (χ0n) is 7.77. The van der Waals surface area contributed by atoms with Crippen molar-refractivity contribution in [2.45, 2.75) is 0 Å². The van der Waals surface area contributed by atoms with Crippen LogP contribution in [0.2, 0.25) is 0 Å². The Hall–Kier alpha value is -0.428. The summed E-state index contributed by atoms with van der Waals surface area (Å²) in [6, 6.07) is 10.8. The normalized spacial score (nSPS) is 9.67. The van der Waals surface area contributed by atoms with Gasteiger partial charge in [-0.3, -0.25) is 0 Å². The van der Waals surface area contributed by atoms with Crippen LogP contribution in [0.25, 0.3) is 10.8 Å². The first-order valence-corrected chi connectivity index (χ1v) is 4.90. The summed E-state index contributed by atoms with van der Waals surface area (Å²) < 4.78 is 0.915. The van der Waals surface area contributed by atoms with Gasteiger partial charge < -0.3 is 5.11 Å². The first-order chi connectivity index (χ1) is 6.70. The molecule has 0 saturated carbocycles. The van der Waals surface area contributed by atoms with E-state index in [4.69, 9.17) is 5.11 Å². The molecule has 2 aromatic carbocycles. The van der Waals surface area contributed by atoms with Crippen molar-refractivity contribution in [2.24, 2.45) is 0 Å². The Kier molecular flexibility index (Phi) is 4.27. The number of hydrogen-bond acceptors (Lipinski definition) is 1. The van der Waals surface area contributed by atoms with Crippen LogP contribution in [-0.2, 0) is 0 Å². The average Bonchev–Trinajstić information content (AvgIpc) is 2.18. The zero-order valence-corrected chi connectivity index (χ0v) is 13.8. The van der Waals surface area contributed by atoms with E-state index in [0.29, 0.717) is 5.56 Å². The Balaban J connectivity index is 0.00000112. The van der Waals surface area contributed by atoms with Crippen LogP contribution in [0.4, 0.5) is 0 Å². The predicted molar refractivity (Wildman–Crippen MR) is 64.4 cm³/mol. The van der Waals surface area contributed by atoms with Crippen molar-refractivity contribution < 1.29 is 9.90 Å². The maximum atomic E-state index is 10.9. The van der Waals surface area contributed by atoms with Gasteiger partial charge in [0.1, 0.15) is 0 Å². The third-order valence-corrected chi connectivity index (χ3v) is 2.79. The van der Waals surface area contributed by atoms with E-state index >= 15 is 0 Å². The van der Waals surface area contributed by atoms with Crippen molar-refractivity contribution in [3.8, 4) is 0 Å². The second kappa shape index (κ2) is 5.07. The van der Waals surface area contributed by atoms with E-state index in [0.717, 1.165) is 15.2 Å². The van der Waals surface area contributed by atoms with Gasteiger partial charge in [0.15, 0.2) is 0 Å². The third kappa shape index (κ3) is 2.39. The molecule has 0 amide bonds. The molecule has 0 fully saturated rings. The van der Waals surface area contributed by atoms with Crippen LogP contribution in [-0.4, -0.2) is 38.4 Å². The standard InChI is InChI=1S/C11H7BrO2.Tl/c12-10-6-5-9(11(13)14)7-3-1-2-4-8(7)10;/h1-6H,(H,13,14);. The van der Waals surface area contributed by atoms with Crippen molar-refractivity contribution in [2.75, 3.05) is 0 Å². The van der Waals surface area contributed by atoms with Gasteiger partial charge >= 0.3 is 5.97 Å². The molecule has 1 N–H and O–H groups in total. The largest absolute Gasteiger partial charge is 0.478 e. The summed E-state index contributed by atoms with van der Waals surface area (Å²) in [4.78, 5) is 10.9. The fraction of sp³-hybridized carbons (Fsp3) is 0. The number of aromatic carboxylic acids is 1. The van der Waals surface area contributed by atoms with E-state index in [-0.39, 0.29) is 27.3 Å². The van der Waals surface area contributed by atoms with Gasteiger partial charge in [-0.05, 0) is 22.9 Å². The van der Waals surface area contributed by atoms with Crippen molar-refractivity contribution in [3.63, 3.8) is 0 Å². The minimum atomic E-state index is -0.895. The summed E-state index contributed by atoms with van der Waals surface area (Å²) in [5.74, 6) is -0.895. The Morgan fingerprint density at radius 1 is 1.07 bits per heavy atom. The fourth-order valence-corrected chi connectivity index (χ4v) is 1.93. The van der Waals surface area contributed by atoms with Crippen LogP contribution in [0, 0.1) is 0 Å². The van der Waals surface area contributed by atoms with Crippen molar-refractivity contribution in [1.29, 1.82) is 0 Å². The van der Waals surface area contributed by atoms with Crippen LogP contribution < -0.4 is 0 Å². The molecular formula is C11H7BrO2Tl. The van der Waals surface area contributed by atoms with Gasteiger partial charge in [0.05, 0.1) is 5.56 Å². The molecule has 15 heavy (non-hydrogen) atoms. The van der Waals surface area contributed by atoms with E-state index in [2.05, 4.69) is 15.9 Å². The molecule has 0 bridgehead atoms. The van der Waals surface area contributed by atoms with Gasteiger partial charge in [-0.2, -0.15) is 0 Å². The number of benzene rings is 2. The molecule has 73 valence electrons. The fourth-order valence-electron chi connectivity index (χ4n) is 1.45. The molecule has 4 heteroatoms. The summed E-state index contributed by atoms with van der Waals surface area (Å²) in [6.45, 7) is 0. The maximum Gasteiger partial charge on any atom is 0.336 e. The Labute approximate surface area is 116 Å². The number of carboxylic acid groups (broad SMARTS) is 1. The number of carboxylic acids is 1. The summed E-state index contributed by atoms with van der Waals surface area (Å²) in [5.41, 5.74) is 0.337. The molecule has 2 nitrogen and oxygen atoms in total. The Bertz CT molecular complexity index is 511. The van der Waals surface area contributed by atoms with E-state index in [9.17, 15) is 4.79 Å². The van der Waals surface area contributed by atoms with Gasteiger partial charge in [0, 0.05) is 31.8 Å². The summed E-state index contributed by atoms with van der Waals surface area (Å²) in [5, 5.41) is 10.6. The molecule has 0 atom stereocenters. The molecule has 0 aliphatic heterocycles. The number of hydrogen-bond donors (Lipinski definition) is 1. The van der Waals surface area contributed by atoms with Gasteiger partial charge in [0.2, 0.25) is 0 Å². The van der Waals surface area contributed by atoms with Gasteiger partial charge in [-0.15, -0.1) is 0 Å². The molecule has 0 aliphatic rings. The molecule has 0 aliphatic carbocycles. The molecule has 2 aromatic rings. The first-order valence-electron chi connectivity index (χ1n) is 4.10. The molecule has 2 rings (SSSR count). The van der Waals surface area contributed by atoms with Gasteiger partial charge in [0.25, 0.3) is 0 Å². The minimum absolute atomic E-state index is 0. The molecule has 0 heterocycles. The third-order valence-electron chi connectivity index (χ3n) is 2.10. The Morgan fingerprint density at radius 2 is 1.67 bits per heavy atom. The SMILES string of the molecule is O=C(O)c1ccc(Br)c2ccccc12.[Tl]. The van der Waals surface area contributed by atoms with E-state index < -0.39 is 5.97 Å². The monoisotopic (exact) mass is 455 g/mol. The van der Waals surface area contributed by atoms with Crippen LogP contribution in [0.1, 0.15) is 10.4 Å². The molecule has 0 aromatic heterocycles. The average molecular weight is 455 g/mol. The summed E-state index contributed by atoms with van der Waals surface area (Å²) in [6.07, 6.45) is 0. The number of rotatable bonds is 1. The molecular weight excluding hydrogens is 448 g/mol. The molecule has 0 spiro atoms. The number of fused-ring (bicyclic) bond motifs is 1. The van der Waals surface area contributed by atoms with Crippen LogP contribution in [0.5, 0.6) is 0 Å². The first kappa shape index (κ1) is 12.6.